The van der Waals surface area contributed by atoms with Crippen LogP contribution >= 0.6 is 29.5 Å². The van der Waals surface area contributed by atoms with Crippen molar-refractivity contribution in [2.24, 2.45) is 0 Å². The van der Waals surface area contributed by atoms with Crippen LogP contribution in [0.15, 0.2) is 17.5 Å². The van der Waals surface area contributed by atoms with Crippen molar-refractivity contribution in [3.05, 3.63) is 22.4 Å². The van der Waals surface area contributed by atoms with E-state index in [9.17, 15) is 4.57 Å². The average Bonchev–Trinajstić information content (AvgIpc) is 2.32. The minimum Gasteiger partial charge on any atom is -0.317 e. The van der Waals surface area contributed by atoms with Gasteiger partial charge in [-0.15, -0.1) is 11.3 Å². The topological polar surface area (TPSA) is 57.5 Å². The van der Waals surface area contributed by atoms with Crippen molar-refractivity contribution in [1.29, 1.82) is 0 Å². The van der Waals surface area contributed by atoms with Gasteiger partial charge >= 0.3 is 6.80 Å². The first-order valence-electron chi connectivity index (χ1n) is 2.80. The molecule has 0 bridgehead atoms. The molecule has 0 radical (unpaired) electrons. The van der Waals surface area contributed by atoms with Crippen LogP contribution in [0.4, 0.5) is 0 Å². The van der Waals surface area contributed by atoms with Gasteiger partial charge < -0.3 is 9.79 Å². The first-order valence-corrected chi connectivity index (χ1v) is 6.89. The predicted octanol–water partition coefficient (Wildman–Crippen LogP) is 2.07. The third-order valence-electron chi connectivity index (χ3n) is 0.955. The molecule has 3 nitrogen and oxygen atoms in total. The van der Waals surface area contributed by atoms with Gasteiger partial charge in [0.15, 0.2) is 0 Å². The lowest BCUT2D eigenvalue weighted by molar-refractivity contribution is 0.397. The van der Waals surface area contributed by atoms with Gasteiger partial charge in [-0.05, 0) is 22.8 Å². The first-order chi connectivity index (χ1) is 5.08. The monoisotopic (exact) mass is 210 g/mol. The second kappa shape index (κ2) is 3.74. The highest BCUT2D eigenvalue weighted by molar-refractivity contribution is 8.54. The Morgan fingerprint density at radius 3 is 2.82 bits per heavy atom. The zero-order chi connectivity index (χ0) is 8.32. The van der Waals surface area contributed by atoms with E-state index in [-0.39, 0.29) is 0 Å². The highest BCUT2D eigenvalue weighted by Gasteiger charge is 2.13. The third-order valence-corrected chi connectivity index (χ3v) is 4.19. The molecule has 0 spiro atoms. The molecule has 11 heavy (non-hydrogen) atoms. The van der Waals surface area contributed by atoms with E-state index in [0.29, 0.717) is 17.1 Å². The van der Waals surface area contributed by atoms with Crippen LogP contribution in [0.1, 0.15) is 4.88 Å². The maximum absolute atomic E-state index is 10.4. The molecule has 1 aromatic rings. The van der Waals surface area contributed by atoms with E-state index in [4.69, 9.17) is 9.79 Å². The van der Waals surface area contributed by atoms with Crippen molar-refractivity contribution in [1.82, 2.24) is 0 Å². The summed E-state index contributed by atoms with van der Waals surface area (Å²) >= 11 is 2.17. The van der Waals surface area contributed by atoms with E-state index in [0.717, 1.165) is 4.88 Å². The van der Waals surface area contributed by atoms with Gasteiger partial charge in [0.25, 0.3) is 0 Å². The van der Waals surface area contributed by atoms with Gasteiger partial charge in [-0.2, -0.15) is 0 Å². The molecule has 2 N–H and O–H groups in total. The van der Waals surface area contributed by atoms with Crippen molar-refractivity contribution >= 4 is 29.5 Å². The zero-order valence-corrected chi connectivity index (χ0v) is 8.03. The number of thiophene rings is 1. The van der Waals surface area contributed by atoms with Gasteiger partial charge in [0, 0.05) is 10.6 Å². The zero-order valence-electron chi connectivity index (χ0n) is 5.51. The molecule has 0 fully saturated rings. The van der Waals surface area contributed by atoms with Gasteiger partial charge in [-0.25, -0.2) is 4.57 Å². The maximum atomic E-state index is 10.4. The number of hydrogen-bond acceptors (Lipinski definition) is 3. The molecular weight excluding hydrogens is 203 g/mol. The molecule has 0 atom stereocenters. The minimum absolute atomic E-state index is 0.391. The number of rotatable bonds is 3. The Morgan fingerprint density at radius 2 is 2.36 bits per heavy atom. The molecule has 0 unspecified atom stereocenters. The average molecular weight is 210 g/mol. The quantitative estimate of drug-likeness (QED) is 0.750. The lowest BCUT2D eigenvalue weighted by Crippen LogP contribution is -1.73. The molecule has 1 rings (SSSR count). The summed E-state index contributed by atoms with van der Waals surface area (Å²) in [5.74, 6) is 0.391. The van der Waals surface area contributed by atoms with E-state index in [1.807, 2.05) is 17.5 Å². The molecule has 0 aliphatic heterocycles. The summed E-state index contributed by atoms with van der Waals surface area (Å²) in [6.07, 6.45) is 0. The van der Waals surface area contributed by atoms with E-state index in [1.165, 1.54) is 11.3 Å². The highest BCUT2D eigenvalue weighted by atomic mass is 32.7. The Kier molecular flexibility index (Phi) is 3.16. The van der Waals surface area contributed by atoms with Crippen LogP contribution in [-0.4, -0.2) is 9.79 Å². The Labute approximate surface area is 72.4 Å². The normalized spacial score (nSPS) is 11.8. The van der Waals surface area contributed by atoms with Crippen molar-refractivity contribution in [3.63, 3.8) is 0 Å². The molecule has 0 aliphatic carbocycles. The van der Waals surface area contributed by atoms with Crippen LogP contribution in [0, 0.1) is 0 Å². The van der Waals surface area contributed by atoms with E-state index >= 15 is 0 Å². The summed E-state index contributed by atoms with van der Waals surface area (Å²) in [7, 11) is 0. The fourth-order valence-electron chi connectivity index (χ4n) is 0.542. The Morgan fingerprint density at radius 1 is 1.64 bits per heavy atom. The van der Waals surface area contributed by atoms with Crippen LogP contribution in [0.2, 0.25) is 0 Å². The molecule has 62 valence electrons. The van der Waals surface area contributed by atoms with Crippen LogP contribution in [0.25, 0.3) is 0 Å². The summed E-state index contributed by atoms with van der Waals surface area (Å²) in [5.41, 5.74) is 0. The Balaban J connectivity index is 2.41. The minimum atomic E-state index is -3.88. The van der Waals surface area contributed by atoms with Gasteiger partial charge in [0.1, 0.15) is 0 Å². The molecule has 0 saturated carbocycles. The predicted molar refractivity (Wildman–Crippen MR) is 47.7 cm³/mol. The van der Waals surface area contributed by atoms with Crippen LogP contribution in [0.3, 0.4) is 0 Å². The lowest BCUT2D eigenvalue weighted by Gasteiger charge is -1.99. The second-order valence-electron chi connectivity index (χ2n) is 1.84. The van der Waals surface area contributed by atoms with E-state index in [1.54, 1.807) is 0 Å². The van der Waals surface area contributed by atoms with Crippen molar-refractivity contribution in [3.8, 4) is 0 Å². The van der Waals surface area contributed by atoms with Crippen molar-refractivity contribution in [2.75, 3.05) is 0 Å². The maximum Gasteiger partial charge on any atom is 0.384 e. The van der Waals surface area contributed by atoms with Crippen molar-refractivity contribution < 1.29 is 14.4 Å². The summed E-state index contributed by atoms with van der Waals surface area (Å²) in [4.78, 5) is 18.0. The molecular formula is C5H7O3PS2. The number of hydrogen-bond donors (Lipinski definition) is 2. The molecule has 0 saturated heterocycles. The fraction of sp³-hybridized carbons (Fsp3) is 0.200. The highest BCUT2D eigenvalue weighted by Crippen LogP contribution is 2.51. The summed E-state index contributed by atoms with van der Waals surface area (Å²) < 4.78 is 10.4. The van der Waals surface area contributed by atoms with Gasteiger partial charge in [-0.1, -0.05) is 6.07 Å². The SMILES string of the molecule is O=P(O)(O)SCc1cccs1. The largest absolute Gasteiger partial charge is 0.384 e. The van der Waals surface area contributed by atoms with E-state index in [2.05, 4.69) is 0 Å². The van der Waals surface area contributed by atoms with Gasteiger partial charge in [0.2, 0.25) is 0 Å². The summed E-state index contributed by atoms with van der Waals surface area (Å²) in [5, 5.41) is 1.88. The molecule has 0 aromatic carbocycles. The lowest BCUT2D eigenvalue weighted by atomic mass is 10.5. The Hall–Kier alpha value is 0.200. The van der Waals surface area contributed by atoms with Crippen LogP contribution in [0.5, 0.6) is 0 Å². The standard InChI is InChI=1S/C5H7O3PS2/c6-9(7,8)11-4-5-2-1-3-10-5/h1-3H,4H2,(H2,6,7,8). The molecule has 0 amide bonds. The molecule has 1 heterocycles. The Bertz CT molecular complexity index is 253. The molecule has 0 aliphatic rings. The van der Waals surface area contributed by atoms with Crippen LogP contribution < -0.4 is 0 Å². The van der Waals surface area contributed by atoms with Crippen LogP contribution in [-0.2, 0) is 10.3 Å². The third kappa shape index (κ3) is 3.94. The summed E-state index contributed by atoms with van der Waals surface area (Å²) in [6, 6.07) is 3.72. The summed E-state index contributed by atoms with van der Waals surface area (Å²) in [6.45, 7) is -3.88. The van der Waals surface area contributed by atoms with E-state index < -0.39 is 6.80 Å². The van der Waals surface area contributed by atoms with Gasteiger partial charge in [-0.3, -0.25) is 0 Å². The first kappa shape index (κ1) is 9.29. The molecule has 6 heteroatoms. The van der Waals surface area contributed by atoms with Crippen molar-refractivity contribution in [2.45, 2.75) is 5.75 Å². The molecule has 1 aromatic heterocycles. The second-order valence-corrected chi connectivity index (χ2v) is 6.61. The van der Waals surface area contributed by atoms with Gasteiger partial charge in [0.05, 0.1) is 0 Å². The smallest absolute Gasteiger partial charge is 0.317 e. The fourth-order valence-corrected chi connectivity index (χ4v) is 3.06.